The molecule has 2 aromatic rings. The van der Waals surface area contributed by atoms with Crippen LogP contribution in [0.2, 0.25) is 0 Å². The normalized spacial score (nSPS) is 14.3. The van der Waals surface area contributed by atoms with Crippen molar-refractivity contribution in [2.24, 2.45) is 5.73 Å². The minimum atomic E-state index is -0.543. The quantitative estimate of drug-likeness (QED) is 0.885. The first-order chi connectivity index (χ1) is 9.12. The number of nitrogens with two attached hydrogens (primary N) is 1. The summed E-state index contributed by atoms with van der Waals surface area (Å²) < 4.78 is 10.7. The van der Waals surface area contributed by atoms with Crippen LogP contribution in [-0.4, -0.2) is 22.2 Å². The van der Waals surface area contributed by atoms with Crippen molar-refractivity contribution >= 4 is 0 Å². The van der Waals surface area contributed by atoms with Gasteiger partial charge in [0.1, 0.15) is 11.3 Å². The molecule has 2 aromatic heterocycles. The van der Waals surface area contributed by atoms with E-state index < -0.39 is 5.60 Å². The number of rotatable bonds is 5. The maximum atomic E-state index is 5.53. The molecule has 1 unspecified atom stereocenters. The number of aromatic nitrogens is 3. The van der Waals surface area contributed by atoms with E-state index in [2.05, 4.69) is 15.1 Å². The molecule has 0 aliphatic carbocycles. The molecule has 19 heavy (non-hydrogen) atoms. The number of hydrogen-bond acceptors (Lipinski definition) is 6. The smallest absolute Gasteiger partial charge is 0.276 e. The predicted octanol–water partition coefficient (Wildman–Crippen LogP) is 1.86. The molecule has 2 rings (SSSR count). The van der Waals surface area contributed by atoms with Crippen LogP contribution in [0.15, 0.2) is 22.9 Å². The molecule has 2 heterocycles. The SMILES string of the molecule is CCC(C)(OC)c1noc(-c2ccc(CN)cn2)n1. The fourth-order valence-corrected chi connectivity index (χ4v) is 1.61. The Balaban J connectivity index is 2.29. The first-order valence-corrected chi connectivity index (χ1v) is 6.17. The highest BCUT2D eigenvalue weighted by atomic mass is 16.5. The van der Waals surface area contributed by atoms with E-state index in [1.807, 2.05) is 26.0 Å². The number of methoxy groups -OCH3 is 1. The van der Waals surface area contributed by atoms with Crippen LogP contribution in [0.5, 0.6) is 0 Å². The standard InChI is InChI=1S/C13H18N4O2/c1-4-13(2,18-3)12-16-11(19-17-12)10-6-5-9(7-14)8-15-10/h5-6,8H,4,7,14H2,1-3H3. The average molecular weight is 262 g/mol. The monoisotopic (exact) mass is 262 g/mol. The van der Waals surface area contributed by atoms with Gasteiger partial charge in [0.15, 0.2) is 0 Å². The van der Waals surface area contributed by atoms with Gasteiger partial charge in [0, 0.05) is 19.9 Å². The number of hydrogen-bond donors (Lipinski definition) is 1. The molecule has 0 saturated heterocycles. The predicted molar refractivity (Wildman–Crippen MR) is 70.1 cm³/mol. The lowest BCUT2D eigenvalue weighted by atomic mass is 10.0. The second-order valence-electron chi connectivity index (χ2n) is 4.47. The minimum absolute atomic E-state index is 0.385. The lowest BCUT2D eigenvalue weighted by Crippen LogP contribution is -2.24. The Hall–Kier alpha value is -1.79. The second kappa shape index (κ2) is 5.46. The fraction of sp³-hybridized carbons (Fsp3) is 0.462. The maximum Gasteiger partial charge on any atom is 0.276 e. The van der Waals surface area contributed by atoms with Gasteiger partial charge in [0.25, 0.3) is 5.89 Å². The molecule has 0 bridgehead atoms. The van der Waals surface area contributed by atoms with E-state index >= 15 is 0 Å². The van der Waals surface area contributed by atoms with Gasteiger partial charge < -0.3 is 15.0 Å². The largest absolute Gasteiger partial charge is 0.370 e. The van der Waals surface area contributed by atoms with Crippen LogP contribution in [0.1, 0.15) is 31.7 Å². The molecular weight excluding hydrogens is 244 g/mol. The van der Waals surface area contributed by atoms with Crippen LogP contribution in [0.25, 0.3) is 11.6 Å². The summed E-state index contributed by atoms with van der Waals surface area (Å²) in [6.07, 6.45) is 2.45. The van der Waals surface area contributed by atoms with E-state index in [9.17, 15) is 0 Å². The molecule has 6 nitrogen and oxygen atoms in total. The van der Waals surface area contributed by atoms with Gasteiger partial charge >= 0.3 is 0 Å². The molecule has 102 valence electrons. The number of ether oxygens (including phenoxy) is 1. The highest BCUT2D eigenvalue weighted by Crippen LogP contribution is 2.27. The summed E-state index contributed by atoms with van der Waals surface area (Å²) in [6, 6.07) is 3.71. The third-order valence-corrected chi connectivity index (χ3v) is 3.30. The Kier molecular flexibility index (Phi) is 3.92. The van der Waals surface area contributed by atoms with E-state index in [0.717, 1.165) is 12.0 Å². The molecule has 0 radical (unpaired) electrons. The van der Waals surface area contributed by atoms with Gasteiger partial charge in [0.2, 0.25) is 5.82 Å². The summed E-state index contributed by atoms with van der Waals surface area (Å²) in [5, 5.41) is 3.97. The topological polar surface area (TPSA) is 87.1 Å². The fourth-order valence-electron chi connectivity index (χ4n) is 1.61. The summed E-state index contributed by atoms with van der Waals surface area (Å²) in [5.41, 5.74) is 6.57. The maximum absolute atomic E-state index is 5.53. The van der Waals surface area contributed by atoms with Gasteiger partial charge in [-0.15, -0.1) is 0 Å². The summed E-state index contributed by atoms with van der Waals surface area (Å²) in [6.45, 7) is 4.39. The van der Waals surface area contributed by atoms with Crippen LogP contribution < -0.4 is 5.73 Å². The molecular formula is C13H18N4O2. The van der Waals surface area contributed by atoms with Crippen LogP contribution in [0.3, 0.4) is 0 Å². The zero-order valence-electron chi connectivity index (χ0n) is 11.4. The van der Waals surface area contributed by atoms with Crippen molar-refractivity contribution in [1.82, 2.24) is 15.1 Å². The average Bonchev–Trinajstić information content (AvgIpc) is 2.97. The summed E-state index contributed by atoms with van der Waals surface area (Å²) in [5.74, 6) is 0.910. The molecule has 0 aliphatic rings. The minimum Gasteiger partial charge on any atom is -0.370 e. The van der Waals surface area contributed by atoms with Crippen LogP contribution in [0, 0.1) is 0 Å². The molecule has 2 N–H and O–H groups in total. The van der Waals surface area contributed by atoms with Crippen molar-refractivity contribution in [1.29, 1.82) is 0 Å². The van der Waals surface area contributed by atoms with Crippen LogP contribution in [0.4, 0.5) is 0 Å². The van der Waals surface area contributed by atoms with Crippen molar-refractivity contribution in [3.05, 3.63) is 29.7 Å². The van der Waals surface area contributed by atoms with E-state index in [1.54, 1.807) is 13.3 Å². The number of pyridine rings is 1. The van der Waals surface area contributed by atoms with Gasteiger partial charge in [0.05, 0.1) is 0 Å². The van der Waals surface area contributed by atoms with E-state index in [1.165, 1.54) is 0 Å². The van der Waals surface area contributed by atoms with Crippen molar-refractivity contribution < 1.29 is 9.26 Å². The molecule has 0 saturated carbocycles. The lowest BCUT2D eigenvalue weighted by Gasteiger charge is -2.21. The van der Waals surface area contributed by atoms with Crippen molar-refractivity contribution in [3.8, 4) is 11.6 Å². The molecule has 0 amide bonds. The molecule has 0 spiro atoms. The molecule has 0 aliphatic heterocycles. The van der Waals surface area contributed by atoms with E-state index in [0.29, 0.717) is 24.0 Å². The number of nitrogens with zero attached hydrogens (tertiary/aromatic N) is 3. The molecule has 1 atom stereocenters. The highest BCUT2D eigenvalue weighted by Gasteiger charge is 2.30. The second-order valence-corrected chi connectivity index (χ2v) is 4.47. The first-order valence-electron chi connectivity index (χ1n) is 6.17. The van der Waals surface area contributed by atoms with Crippen molar-refractivity contribution in [2.45, 2.75) is 32.4 Å². The summed E-state index contributed by atoms with van der Waals surface area (Å²) >= 11 is 0. The molecule has 6 heteroatoms. The zero-order chi connectivity index (χ0) is 13.9. The summed E-state index contributed by atoms with van der Waals surface area (Å²) in [7, 11) is 1.63. The molecule has 0 fully saturated rings. The van der Waals surface area contributed by atoms with Gasteiger partial charge in [-0.25, -0.2) is 0 Å². The van der Waals surface area contributed by atoms with Gasteiger partial charge in [-0.3, -0.25) is 4.98 Å². The highest BCUT2D eigenvalue weighted by molar-refractivity contribution is 5.46. The molecule has 0 aromatic carbocycles. The lowest BCUT2D eigenvalue weighted by molar-refractivity contribution is -0.0106. The third-order valence-electron chi connectivity index (χ3n) is 3.30. The Bertz CT molecular complexity index is 532. The van der Waals surface area contributed by atoms with Crippen molar-refractivity contribution in [3.63, 3.8) is 0 Å². The van der Waals surface area contributed by atoms with Crippen molar-refractivity contribution in [2.75, 3.05) is 7.11 Å². The van der Waals surface area contributed by atoms with Crippen LogP contribution in [-0.2, 0) is 16.9 Å². The zero-order valence-corrected chi connectivity index (χ0v) is 11.4. The van der Waals surface area contributed by atoms with E-state index in [4.69, 9.17) is 15.0 Å². The Morgan fingerprint density at radius 2 is 2.21 bits per heavy atom. The van der Waals surface area contributed by atoms with Gasteiger partial charge in [-0.1, -0.05) is 18.1 Å². The third kappa shape index (κ3) is 2.64. The van der Waals surface area contributed by atoms with Gasteiger partial charge in [-0.2, -0.15) is 4.98 Å². The first kappa shape index (κ1) is 13.6. The Morgan fingerprint density at radius 3 is 2.74 bits per heavy atom. The van der Waals surface area contributed by atoms with Crippen LogP contribution >= 0.6 is 0 Å². The summed E-state index contributed by atoms with van der Waals surface area (Å²) in [4.78, 5) is 8.60. The Morgan fingerprint density at radius 1 is 1.42 bits per heavy atom. The van der Waals surface area contributed by atoms with Gasteiger partial charge in [-0.05, 0) is 25.0 Å². The van der Waals surface area contributed by atoms with E-state index in [-0.39, 0.29) is 0 Å². The Labute approximate surface area is 112 Å².